The van der Waals surface area contributed by atoms with Gasteiger partial charge in [0.25, 0.3) is 0 Å². The molecule has 1 amide bonds. The van der Waals surface area contributed by atoms with Crippen LogP contribution < -0.4 is 11.1 Å². The average Bonchev–Trinajstić information content (AvgIpc) is 2.23. The minimum Gasteiger partial charge on any atom is -0.508 e. The topological polar surface area (TPSA) is 116 Å². The van der Waals surface area contributed by atoms with Crippen molar-refractivity contribution >= 4 is 5.91 Å². The molecule has 0 spiro atoms. The van der Waals surface area contributed by atoms with Gasteiger partial charge in [-0.2, -0.15) is 0 Å². The molecule has 0 radical (unpaired) electrons. The SMILES string of the molecule is CC(NCC(O)C(N)=O)c1cc(O)cc(O)c1. The van der Waals surface area contributed by atoms with E-state index in [0.29, 0.717) is 5.56 Å². The fourth-order valence-corrected chi connectivity index (χ4v) is 1.37. The molecule has 6 nitrogen and oxygen atoms in total. The van der Waals surface area contributed by atoms with Crippen LogP contribution in [-0.2, 0) is 4.79 Å². The van der Waals surface area contributed by atoms with Gasteiger partial charge in [0, 0.05) is 18.7 Å². The molecule has 0 saturated carbocycles. The van der Waals surface area contributed by atoms with Gasteiger partial charge in [-0.15, -0.1) is 0 Å². The van der Waals surface area contributed by atoms with Gasteiger partial charge in [-0.3, -0.25) is 4.79 Å². The van der Waals surface area contributed by atoms with Gasteiger partial charge in [0.1, 0.15) is 17.6 Å². The van der Waals surface area contributed by atoms with Crippen LogP contribution in [0.2, 0.25) is 0 Å². The molecule has 1 rings (SSSR count). The van der Waals surface area contributed by atoms with Crippen LogP contribution in [-0.4, -0.2) is 33.9 Å². The molecule has 0 aliphatic rings. The van der Waals surface area contributed by atoms with E-state index in [1.54, 1.807) is 6.92 Å². The first-order chi connectivity index (χ1) is 7.90. The number of phenolic OH excluding ortho intramolecular Hbond substituents is 2. The van der Waals surface area contributed by atoms with Crippen molar-refractivity contribution < 1.29 is 20.1 Å². The van der Waals surface area contributed by atoms with Gasteiger partial charge in [-0.1, -0.05) is 0 Å². The lowest BCUT2D eigenvalue weighted by molar-refractivity contribution is -0.125. The monoisotopic (exact) mass is 240 g/mol. The van der Waals surface area contributed by atoms with E-state index in [1.165, 1.54) is 18.2 Å². The summed E-state index contributed by atoms with van der Waals surface area (Å²) in [5.74, 6) is -0.906. The number of aliphatic hydroxyl groups excluding tert-OH is 1. The second-order valence-electron chi connectivity index (χ2n) is 3.83. The fourth-order valence-electron chi connectivity index (χ4n) is 1.37. The second kappa shape index (κ2) is 5.51. The number of phenols is 2. The molecule has 0 fully saturated rings. The lowest BCUT2D eigenvalue weighted by Gasteiger charge is -2.16. The van der Waals surface area contributed by atoms with Crippen LogP contribution in [0.1, 0.15) is 18.5 Å². The maximum atomic E-state index is 10.6. The first-order valence-corrected chi connectivity index (χ1v) is 5.14. The van der Waals surface area contributed by atoms with Gasteiger partial charge in [-0.05, 0) is 24.6 Å². The van der Waals surface area contributed by atoms with Gasteiger partial charge < -0.3 is 26.4 Å². The van der Waals surface area contributed by atoms with Crippen LogP contribution in [0.25, 0.3) is 0 Å². The molecule has 1 aromatic carbocycles. The second-order valence-corrected chi connectivity index (χ2v) is 3.83. The zero-order chi connectivity index (χ0) is 13.0. The Hall–Kier alpha value is -1.79. The first kappa shape index (κ1) is 13.3. The highest BCUT2D eigenvalue weighted by Gasteiger charge is 2.13. The van der Waals surface area contributed by atoms with Crippen molar-refractivity contribution in [2.75, 3.05) is 6.54 Å². The number of amides is 1. The standard InChI is InChI=1S/C11H16N2O4/c1-6(13-5-10(16)11(12)17)7-2-8(14)4-9(15)3-7/h2-4,6,10,13-16H,5H2,1H3,(H2,12,17). The Bertz CT molecular complexity index is 388. The zero-order valence-corrected chi connectivity index (χ0v) is 9.42. The molecule has 0 aliphatic carbocycles. The van der Waals surface area contributed by atoms with Crippen molar-refractivity contribution in [3.05, 3.63) is 23.8 Å². The number of rotatable bonds is 5. The van der Waals surface area contributed by atoms with Crippen molar-refractivity contribution in [2.45, 2.75) is 19.1 Å². The molecular formula is C11H16N2O4. The number of aliphatic hydroxyl groups is 1. The van der Waals surface area contributed by atoms with Crippen LogP contribution >= 0.6 is 0 Å². The molecule has 0 aromatic heterocycles. The van der Waals surface area contributed by atoms with E-state index in [4.69, 9.17) is 5.73 Å². The van der Waals surface area contributed by atoms with Crippen molar-refractivity contribution in [1.29, 1.82) is 0 Å². The Labute approximate surface area is 98.7 Å². The summed E-state index contributed by atoms with van der Waals surface area (Å²) in [5, 5.41) is 30.7. The summed E-state index contributed by atoms with van der Waals surface area (Å²) in [6.45, 7) is 1.77. The van der Waals surface area contributed by atoms with Gasteiger partial charge >= 0.3 is 0 Å². The van der Waals surface area contributed by atoms with E-state index in [-0.39, 0.29) is 24.1 Å². The summed E-state index contributed by atoms with van der Waals surface area (Å²) in [4.78, 5) is 10.6. The number of primary amides is 1. The van der Waals surface area contributed by atoms with Gasteiger partial charge in [0.2, 0.25) is 5.91 Å². The molecule has 2 atom stereocenters. The number of hydrogen-bond acceptors (Lipinski definition) is 5. The van der Waals surface area contributed by atoms with Gasteiger partial charge in [0.15, 0.2) is 0 Å². The minimum absolute atomic E-state index is 0.00686. The predicted molar refractivity (Wildman–Crippen MR) is 61.4 cm³/mol. The summed E-state index contributed by atoms with van der Waals surface area (Å²) in [6.07, 6.45) is -1.26. The maximum Gasteiger partial charge on any atom is 0.247 e. The smallest absolute Gasteiger partial charge is 0.247 e. The largest absolute Gasteiger partial charge is 0.508 e. The van der Waals surface area contributed by atoms with Crippen molar-refractivity contribution in [3.8, 4) is 11.5 Å². The predicted octanol–water partition coefficient (Wildman–Crippen LogP) is -0.405. The van der Waals surface area contributed by atoms with E-state index in [9.17, 15) is 20.1 Å². The van der Waals surface area contributed by atoms with Gasteiger partial charge in [-0.25, -0.2) is 0 Å². The van der Waals surface area contributed by atoms with Crippen LogP contribution in [0.3, 0.4) is 0 Å². The highest BCUT2D eigenvalue weighted by atomic mass is 16.3. The number of benzene rings is 1. The third-order valence-corrected chi connectivity index (χ3v) is 2.37. The van der Waals surface area contributed by atoms with Gasteiger partial charge in [0.05, 0.1) is 0 Å². The zero-order valence-electron chi connectivity index (χ0n) is 9.42. The molecule has 94 valence electrons. The normalized spacial score (nSPS) is 14.2. The quantitative estimate of drug-likeness (QED) is 0.480. The molecular weight excluding hydrogens is 224 g/mol. The van der Waals surface area contributed by atoms with E-state index in [1.807, 2.05) is 0 Å². The molecule has 17 heavy (non-hydrogen) atoms. The molecule has 6 N–H and O–H groups in total. The Morgan fingerprint density at radius 2 is 1.88 bits per heavy atom. The van der Waals surface area contributed by atoms with E-state index in [0.717, 1.165) is 0 Å². The molecule has 6 heteroatoms. The molecule has 0 bridgehead atoms. The minimum atomic E-state index is -1.26. The average molecular weight is 240 g/mol. The molecule has 2 unspecified atom stereocenters. The molecule has 0 aliphatic heterocycles. The molecule has 0 saturated heterocycles. The number of nitrogens with two attached hydrogens (primary N) is 1. The van der Waals surface area contributed by atoms with Crippen molar-refractivity contribution in [3.63, 3.8) is 0 Å². The lowest BCUT2D eigenvalue weighted by Crippen LogP contribution is -2.38. The number of hydrogen-bond donors (Lipinski definition) is 5. The highest BCUT2D eigenvalue weighted by Crippen LogP contribution is 2.24. The van der Waals surface area contributed by atoms with E-state index < -0.39 is 12.0 Å². The lowest BCUT2D eigenvalue weighted by atomic mass is 10.1. The van der Waals surface area contributed by atoms with Crippen molar-refractivity contribution in [2.24, 2.45) is 5.73 Å². The van der Waals surface area contributed by atoms with Crippen molar-refractivity contribution in [1.82, 2.24) is 5.32 Å². The van der Waals surface area contributed by atoms with Crippen LogP contribution in [0.5, 0.6) is 11.5 Å². The van der Waals surface area contributed by atoms with Crippen LogP contribution in [0.15, 0.2) is 18.2 Å². The maximum absolute atomic E-state index is 10.6. The Balaban J connectivity index is 2.63. The number of carbonyl (C=O) groups is 1. The molecule has 1 aromatic rings. The summed E-state index contributed by atoms with van der Waals surface area (Å²) in [7, 11) is 0. The fraction of sp³-hybridized carbons (Fsp3) is 0.364. The third kappa shape index (κ3) is 3.93. The summed E-state index contributed by atoms with van der Waals surface area (Å²) >= 11 is 0. The first-order valence-electron chi connectivity index (χ1n) is 5.14. The Morgan fingerprint density at radius 1 is 1.35 bits per heavy atom. The number of aromatic hydroxyl groups is 2. The Kier molecular flexibility index (Phi) is 4.30. The van der Waals surface area contributed by atoms with E-state index in [2.05, 4.69) is 5.32 Å². The molecule has 0 heterocycles. The summed E-state index contributed by atoms with van der Waals surface area (Å²) < 4.78 is 0. The highest BCUT2D eigenvalue weighted by molar-refractivity contribution is 5.78. The number of carbonyl (C=O) groups excluding carboxylic acids is 1. The van der Waals surface area contributed by atoms with Crippen LogP contribution in [0.4, 0.5) is 0 Å². The summed E-state index contributed by atoms with van der Waals surface area (Å²) in [5.41, 5.74) is 5.54. The third-order valence-electron chi connectivity index (χ3n) is 2.37. The summed E-state index contributed by atoms with van der Waals surface area (Å²) in [6, 6.07) is 3.93. The number of nitrogens with one attached hydrogen (secondary N) is 1. The van der Waals surface area contributed by atoms with Crippen LogP contribution in [0, 0.1) is 0 Å². The Morgan fingerprint density at radius 3 is 2.35 bits per heavy atom. The van der Waals surface area contributed by atoms with E-state index >= 15 is 0 Å².